The molecule has 0 fully saturated rings. The second-order valence-corrected chi connectivity index (χ2v) is 3.07. The standard InChI is InChI=1S/C13H15NO/c1-3-4-5-6-11(2)15-13-9-7-12(14)8-10-13/h3-10H,1,14H2,2H3/b5-4-,11-6+. The van der Waals surface area contributed by atoms with E-state index >= 15 is 0 Å². The van der Waals surface area contributed by atoms with Crippen molar-refractivity contribution in [3.8, 4) is 5.75 Å². The average Bonchev–Trinajstić information content (AvgIpc) is 2.22. The van der Waals surface area contributed by atoms with Gasteiger partial charge in [0.2, 0.25) is 0 Å². The zero-order valence-corrected chi connectivity index (χ0v) is 8.81. The maximum Gasteiger partial charge on any atom is 0.127 e. The Bertz CT molecular complexity index is 374. The topological polar surface area (TPSA) is 35.2 Å². The van der Waals surface area contributed by atoms with Crippen LogP contribution in [-0.4, -0.2) is 0 Å². The molecule has 2 heteroatoms. The number of anilines is 1. The highest BCUT2D eigenvalue weighted by atomic mass is 16.5. The summed E-state index contributed by atoms with van der Waals surface area (Å²) in [6, 6.07) is 7.29. The van der Waals surface area contributed by atoms with E-state index in [9.17, 15) is 0 Å². The predicted molar refractivity (Wildman–Crippen MR) is 64.6 cm³/mol. The van der Waals surface area contributed by atoms with Gasteiger partial charge in [-0.2, -0.15) is 0 Å². The zero-order valence-electron chi connectivity index (χ0n) is 8.81. The van der Waals surface area contributed by atoms with Crippen molar-refractivity contribution in [2.24, 2.45) is 0 Å². The maximum absolute atomic E-state index is 5.56. The molecular weight excluding hydrogens is 186 g/mol. The van der Waals surface area contributed by atoms with Crippen LogP contribution in [0.1, 0.15) is 6.92 Å². The van der Waals surface area contributed by atoms with Crippen LogP contribution in [0.3, 0.4) is 0 Å². The molecule has 0 bridgehead atoms. The lowest BCUT2D eigenvalue weighted by Gasteiger charge is -2.04. The fourth-order valence-corrected chi connectivity index (χ4v) is 1.03. The van der Waals surface area contributed by atoms with Crippen LogP contribution >= 0.6 is 0 Å². The van der Waals surface area contributed by atoms with E-state index in [0.29, 0.717) is 0 Å². The Morgan fingerprint density at radius 1 is 1.27 bits per heavy atom. The van der Waals surface area contributed by atoms with Gasteiger partial charge in [-0.25, -0.2) is 0 Å². The molecule has 0 saturated carbocycles. The molecule has 1 rings (SSSR count). The number of benzene rings is 1. The lowest BCUT2D eigenvalue weighted by atomic mass is 10.3. The van der Waals surface area contributed by atoms with Gasteiger partial charge in [-0.05, 0) is 37.3 Å². The number of nitrogens with two attached hydrogens (primary N) is 1. The fraction of sp³-hybridized carbons (Fsp3) is 0.0769. The first kappa shape index (κ1) is 11.1. The van der Waals surface area contributed by atoms with E-state index in [-0.39, 0.29) is 0 Å². The number of ether oxygens (including phenoxy) is 1. The van der Waals surface area contributed by atoms with E-state index in [0.717, 1.165) is 17.2 Å². The van der Waals surface area contributed by atoms with Gasteiger partial charge in [0.25, 0.3) is 0 Å². The van der Waals surface area contributed by atoms with E-state index in [1.165, 1.54) is 0 Å². The molecule has 78 valence electrons. The van der Waals surface area contributed by atoms with Crippen LogP contribution in [0.15, 0.2) is 60.9 Å². The van der Waals surface area contributed by atoms with Gasteiger partial charge in [0.05, 0.1) is 0 Å². The van der Waals surface area contributed by atoms with Crippen LogP contribution in [-0.2, 0) is 0 Å². The summed E-state index contributed by atoms with van der Waals surface area (Å²) in [6.45, 7) is 5.47. The molecule has 15 heavy (non-hydrogen) atoms. The van der Waals surface area contributed by atoms with Gasteiger partial charge < -0.3 is 10.5 Å². The van der Waals surface area contributed by atoms with Gasteiger partial charge in [0.15, 0.2) is 0 Å². The summed E-state index contributed by atoms with van der Waals surface area (Å²) >= 11 is 0. The summed E-state index contributed by atoms with van der Waals surface area (Å²) in [5.41, 5.74) is 6.30. The molecular formula is C13H15NO. The quantitative estimate of drug-likeness (QED) is 0.461. The molecule has 0 unspecified atom stereocenters. The maximum atomic E-state index is 5.56. The molecule has 0 spiro atoms. The largest absolute Gasteiger partial charge is 0.462 e. The van der Waals surface area contributed by atoms with Crippen molar-refractivity contribution in [1.82, 2.24) is 0 Å². The molecule has 0 saturated heterocycles. The first-order valence-corrected chi connectivity index (χ1v) is 4.72. The van der Waals surface area contributed by atoms with E-state index < -0.39 is 0 Å². The minimum absolute atomic E-state index is 0.732. The van der Waals surface area contributed by atoms with E-state index in [4.69, 9.17) is 10.5 Å². The number of allylic oxidation sites excluding steroid dienone is 5. The van der Waals surface area contributed by atoms with Gasteiger partial charge in [-0.1, -0.05) is 24.8 Å². The normalized spacial score (nSPS) is 11.7. The minimum atomic E-state index is 0.732. The SMILES string of the molecule is C=C/C=C\C=C(/C)Oc1ccc(N)cc1. The van der Waals surface area contributed by atoms with Crippen molar-refractivity contribution in [3.63, 3.8) is 0 Å². The summed E-state index contributed by atoms with van der Waals surface area (Å²) in [5.74, 6) is 1.60. The highest BCUT2D eigenvalue weighted by Gasteiger charge is 1.93. The second kappa shape index (κ2) is 5.70. The van der Waals surface area contributed by atoms with E-state index in [1.54, 1.807) is 6.08 Å². The van der Waals surface area contributed by atoms with Gasteiger partial charge in [0, 0.05) is 5.69 Å². The predicted octanol–water partition coefficient (Wildman–Crippen LogP) is 3.29. The van der Waals surface area contributed by atoms with Crippen LogP contribution in [0.2, 0.25) is 0 Å². The highest BCUT2D eigenvalue weighted by molar-refractivity contribution is 5.42. The van der Waals surface area contributed by atoms with Crippen LogP contribution in [0.5, 0.6) is 5.75 Å². The summed E-state index contributed by atoms with van der Waals surface area (Å²) < 4.78 is 5.54. The smallest absolute Gasteiger partial charge is 0.127 e. The lowest BCUT2D eigenvalue weighted by Crippen LogP contribution is -1.90. The molecule has 0 heterocycles. The highest BCUT2D eigenvalue weighted by Crippen LogP contribution is 2.15. The van der Waals surface area contributed by atoms with Crippen molar-refractivity contribution in [1.29, 1.82) is 0 Å². The van der Waals surface area contributed by atoms with Crippen LogP contribution in [0, 0.1) is 0 Å². The van der Waals surface area contributed by atoms with Gasteiger partial charge in [-0.3, -0.25) is 0 Å². The van der Waals surface area contributed by atoms with Gasteiger partial charge in [-0.15, -0.1) is 0 Å². The summed E-state index contributed by atoms with van der Waals surface area (Å²) in [4.78, 5) is 0. The first-order chi connectivity index (χ1) is 7.22. The molecule has 0 atom stereocenters. The second-order valence-electron chi connectivity index (χ2n) is 3.07. The van der Waals surface area contributed by atoms with Crippen LogP contribution in [0.25, 0.3) is 0 Å². The lowest BCUT2D eigenvalue weighted by molar-refractivity contribution is 0.428. The van der Waals surface area contributed by atoms with Crippen molar-refractivity contribution in [2.75, 3.05) is 5.73 Å². The molecule has 0 aliphatic rings. The van der Waals surface area contributed by atoms with Crippen LogP contribution < -0.4 is 10.5 Å². The fourth-order valence-electron chi connectivity index (χ4n) is 1.03. The number of nitrogen functional groups attached to an aromatic ring is 1. The monoisotopic (exact) mass is 201 g/mol. The minimum Gasteiger partial charge on any atom is -0.462 e. The Balaban J connectivity index is 2.61. The average molecular weight is 201 g/mol. The molecule has 2 N–H and O–H groups in total. The number of hydrogen-bond donors (Lipinski definition) is 1. The van der Waals surface area contributed by atoms with Crippen molar-refractivity contribution >= 4 is 5.69 Å². The Labute approximate surface area is 90.4 Å². The summed E-state index contributed by atoms with van der Waals surface area (Å²) in [5, 5.41) is 0. The van der Waals surface area contributed by atoms with E-state index in [1.807, 2.05) is 49.4 Å². The molecule has 2 nitrogen and oxygen atoms in total. The Morgan fingerprint density at radius 2 is 1.93 bits per heavy atom. The van der Waals surface area contributed by atoms with Crippen molar-refractivity contribution < 1.29 is 4.74 Å². The number of rotatable bonds is 4. The first-order valence-electron chi connectivity index (χ1n) is 4.72. The Kier molecular flexibility index (Phi) is 4.23. The third-order valence-corrected chi connectivity index (χ3v) is 1.74. The van der Waals surface area contributed by atoms with Gasteiger partial charge >= 0.3 is 0 Å². The van der Waals surface area contributed by atoms with Gasteiger partial charge in [0.1, 0.15) is 11.5 Å². The third-order valence-electron chi connectivity index (χ3n) is 1.74. The summed E-state index contributed by atoms with van der Waals surface area (Å²) in [6.07, 6.45) is 7.31. The van der Waals surface area contributed by atoms with Crippen LogP contribution in [0.4, 0.5) is 5.69 Å². The van der Waals surface area contributed by atoms with Crippen molar-refractivity contribution in [2.45, 2.75) is 6.92 Å². The zero-order chi connectivity index (χ0) is 11.1. The number of hydrogen-bond acceptors (Lipinski definition) is 2. The molecule has 1 aromatic rings. The molecule has 1 aromatic carbocycles. The van der Waals surface area contributed by atoms with Crippen molar-refractivity contribution in [3.05, 3.63) is 60.9 Å². The Hall–Kier alpha value is -1.96. The summed E-state index contributed by atoms with van der Waals surface area (Å²) in [7, 11) is 0. The molecule has 0 aliphatic carbocycles. The molecule has 0 amide bonds. The molecule has 0 aliphatic heterocycles. The van der Waals surface area contributed by atoms with E-state index in [2.05, 4.69) is 6.58 Å². The third kappa shape index (κ3) is 4.18. The molecule has 0 aromatic heterocycles. The molecule has 0 radical (unpaired) electrons. The Morgan fingerprint density at radius 3 is 2.53 bits per heavy atom.